The van der Waals surface area contributed by atoms with Gasteiger partial charge in [-0.2, -0.15) is 0 Å². The third-order valence-electron chi connectivity index (χ3n) is 5.30. The summed E-state index contributed by atoms with van der Waals surface area (Å²) in [6.45, 7) is 5.39. The van der Waals surface area contributed by atoms with E-state index in [1.807, 2.05) is 30.0 Å². The SMILES string of the molecule is CCNC(CC)CSC1=Nc2ccccc2N=C(c2ccc(Sc3ccccc3)cc2)C1. The summed E-state index contributed by atoms with van der Waals surface area (Å²) < 4.78 is 0. The molecule has 1 atom stereocenters. The number of rotatable bonds is 8. The molecule has 3 nitrogen and oxygen atoms in total. The minimum atomic E-state index is 0.501. The van der Waals surface area contributed by atoms with Gasteiger partial charge in [0.1, 0.15) is 0 Å². The Labute approximate surface area is 199 Å². The van der Waals surface area contributed by atoms with Gasteiger partial charge in [-0.15, -0.1) is 11.8 Å². The summed E-state index contributed by atoms with van der Waals surface area (Å²) in [5.41, 5.74) is 4.14. The molecule has 0 aliphatic carbocycles. The summed E-state index contributed by atoms with van der Waals surface area (Å²) in [5.74, 6) is 1.02. The summed E-state index contributed by atoms with van der Waals surface area (Å²) in [4.78, 5) is 12.5. The lowest BCUT2D eigenvalue weighted by Crippen LogP contribution is -2.30. The minimum Gasteiger partial charge on any atom is -0.313 e. The van der Waals surface area contributed by atoms with Gasteiger partial charge in [0.25, 0.3) is 0 Å². The Balaban J connectivity index is 1.55. The molecule has 0 spiro atoms. The van der Waals surface area contributed by atoms with Crippen LogP contribution in [0.15, 0.2) is 98.6 Å². The van der Waals surface area contributed by atoms with Gasteiger partial charge in [0.05, 0.1) is 22.1 Å². The van der Waals surface area contributed by atoms with E-state index in [0.29, 0.717) is 6.04 Å². The van der Waals surface area contributed by atoms with Crippen molar-refractivity contribution in [2.75, 3.05) is 12.3 Å². The molecule has 1 unspecified atom stereocenters. The van der Waals surface area contributed by atoms with Crippen LogP contribution in [0.2, 0.25) is 0 Å². The van der Waals surface area contributed by atoms with Crippen LogP contribution >= 0.6 is 23.5 Å². The lowest BCUT2D eigenvalue weighted by atomic mass is 10.1. The molecule has 0 bridgehead atoms. The molecule has 0 saturated carbocycles. The first-order valence-corrected chi connectivity index (χ1v) is 13.0. The molecule has 1 aliphatic heterocycles. The highest BCUT2D eigenvalue weighted by Crippen LogP contribution is 2.34. The first-order valence-electron chi connectivity index (χ1n) is 11.2. The number of para-hydroxylation sites is 2. The summed E-state index contributed by atoms with van der Waals surface area (Å²) in [6.07, 6.45) is 1.87. The van der Waals surface area contributed by atoms with Crippen LogP contribution in [0.5, 0.6) is 0 Å². The molecule has 4 rings (SSSR count). The number of fused-ring (bicyclic) bond motifs is 1. The summed E-state index contributed by atoms with van der Waals surface area (Å²) >= 11 is 3.63. The molecule has 0 amide bonds. The molecule has 1 heterocycles. The highest BCUT2D eigenvalue weighted by atomic mass is 32.2. The lowest BCUT2D eigenvalue weighted by molar-refractivity contribution is 0.561. The molecule has 0 fully saturated rings. The van der Waals surface area contributed by atoms with Gasteiger partial charge in [0.15, 0.2) is 0 Å². The number of nitrogens with zero attached hydrogens (tertiary/aromatic N) is 2. The summed E-state index contributed by atoms with van der Waals surface area (Å²) in [5, 5.41) is 4.70. The van der Waals surface area contributed by atoms with Gasteiger partial charge in [0.2, 0.25) is 0 Å². The fourth-order valence-corrected chi connectivity index (χ4v) is 5.54. The van der Waals surface area contributed by atoms with Crippen LogP contribution in [0.4, 0.5) is 11.4 Å². The zero-order valence-electron chi connectivity index (χ0n) is 18.6. The van der Waals surface area contributed by atoms with Crippen LogP contribution in [-0.4, -0.2) is 29.1 Å². The zero-order valence-corrected chi connectivity index (χ0v) is 20.3. The van der Waals surface area contributed by atoms with Crippen molar-refractivity contribution in [1.82, 2.24) is 5.32 Å². The fraction of sp³-hybridized carbons (Fsp3) is 0.259. The van der Waals surface area contributed by atoms with Crippen molar-refractivity contribution in [1.29, 1.82) is 0 Å². The molecule has 1 N–H and O–H groups in total. The van der Waals surface area contributed by atoms with Gasteiger partial charge in [-0.05, 0) is 54.9 Å². The number of aliphatic imine (C=N–C) groups is 2. The number of hydrogen-bond acceptors (Lipinski definition) is 5. The molecule has 5 heteroatoms. The normalized spacial score (nSPS) is 14.2. The van der Waals surface area contributed by atoms with Gasteiger partial charge in [-0.3, -0.25) is 4.99 Å². The summed E-state index contributed by atoms with van der Waals surface area (Å²) in [6, 6.07) is 27.9. The molecule has 0 aromatic heterocycles. The topological polar surface area (TPSA) is 36.8 Å². The Kier molecular flexibility index (Phi) is 8.21. The van der Waals surface area contributed by atoms with Crippen molar-refractivity contribution in [2.45, 2.75) is 42.5 Å². The Morgan fingerprint density at radius 2 is 1.47 bits per heavy atom. The number of benzene rings is 3. The van der Waals surface area contributed by atoms with E-state index in [9.17, 15) is 0 Å². The van der Waals surface area contributed by atoms with E-state index in [1.54, 1.807) is 11.8 Å². The highest BCUT2D eigenvalue weighted by molar-refractivity contribution is 8.14. The van der Waals surface area contributed by atoms with Crippen LogP contribution in [-0.2, 0) is 0 Å². The second-order valence-electron chi connectivity index (χ2n) is 7.64. The van der Waals surface area contributed by atoms with Crippen molar-refractivity contribution >= 4 is 45.7 Å². The fourth-order valence-electron chi connectivity index (χ4n) is 3.55. The predicted molar refractivity (Wildman–Crippen MR) is 142 cm³/mol. The second kappa shape index (κ2) is 11.5. The average Bonchev–Trinajstić information content (AvgIpc) is 3.02. The van der Waals surface area contributed by atoms with Crippen molar-refractivity contribution in [2.24, 2.45) is 9.98 Å². The summed E-state index contributed by atoms with van der Waals surface area (Å²) in [7, 11) is 0. The third kappa shape index (κ3) is 6.12. The van der Waals surface area contributed by atoms with Crippen LogP contribution in [0.25, 0.3) is 0 Å². The first kappa shape index (κ1) is 22.8. The highest BCUT2D eigenvalue weighted by Gasteiger charge is 2.17. The second-order valence-corrected chi connectivity index (χ2v) is 9.88. The molecular weight excluding hydrogens is 430 g/mol. The van der Waals surface area contributed by atoms with Gasteiger partial charge in [-0.25, -0.2) is 4.99 Å². The van der Waals surface area contributed by atoms with E-state index in [1.165, 1.54) is 9.79 Å². The van der Waals surface area contributed by atoms with Crippen LogP contribution in [0.1, 0.15) is 32.3 Å². The van der Waals surface area contributed by atoms with Gasteiger partial charge in [-0.1, -0.05) is 68.1 Å². The first-order chi connectivity index (χ1) is 15.7. The molecule has 32 heavy (non-hydrogen) atoms. The predicted octanol–water partition coefficient (Wildman–Crippen LogP) is 7.51. The Morgan fingerprint density at radius 1 is 0.812 bits per heavy atom. The van der Waals surface area contributed by atoms with Gasteiger partial charge < -0.3 is 5.32 Å². The number of nitrogens with one attached hydrogen (secondary N) is 1. The van der Waals surface area contributed by atoms with E-state index < -0.39 is 0 Å². The van der Waals surface area contributed by atoms with Crippen LogP contribution in [0, 0.1) is 0 Å². The van der Waals surface area contributed by atoms with E-state index >= 15 is 0 Å². The van der Waals surface area contributed by atoms with Crippen molar-refractivity contribution < 1.29 is 0 Å². The van der Waals surface area contributed by atoms with Gasteiger partial charge in [0, 0.05) is 28.0 Å². The maximum absolute atomic E-state index is 5.02. The standard InChI is InChI=1S/C27H29N3S2/c1-3-21(28-4-2)19-31-27-18-26(29-24-12-8-9-13-25(24)30-27)20-14-16-23(17-15-20)32-22-10-6-5-7-11-22/h5-17,21,28H,3-4,18-19H2,1-2H3. The molecule has 3 aromatic carbocycles. The third-order valence-corrected chi connectivity index (χ3v) is 7.46. The van der Waals surface area contributed by atoms with E-state index in [-0.39, 0.29) is 0 Å². The number of thioether (sulfide) groups is 1. The monoisotopic (exact) mass is 459 g/mol. The Hall–Kier alpha value is -2.34. The number of hydrogen-bond donors (Lipinski definition) is 1. The minimum absolute atomic E-state index is 0.501. The van der Waals surface area contributed by atoms with Crippen molar-refractivity contribution in [3.63, 3.8) is 0 Å². The smallest absolute Gasteiger partial charge is 0.0896 e. The van der Waals surface area contributed by atoms with Crippen molar-refractivity contribution in [3.05, 3.63) is 84.4 Å². The van der Waals surface area contributed by atoms with Crippen LogP contribution in [0.3, 0.4) is 0 Å². The molecule has 0 radical (unpaired) electrons. The average molecular weight is 460 g/mol. The molecule has 164 valence electrons. The van der Waals surface area contributed by atoms with E-state index in [0.717, 1.165) is 52.8 Å². The molecule has 1 aliphatic rings. The molecule has 0 saturated heterocycles. The van der Waals surface area contributed by atoms with Crippen LogP contribution < -0.4 is 5.32 Å². The van der Waals surface area contributed by atoms with E-state index in [4.69, 9.17) is 9.98 Å². The maximum Gasteiger partial charge on any atom is 0.0896 e. The Morgan fingerprint density at radius 3 is 2.16 bits per heavy atom. The zero-order chi connectivity index (χ0) is 22.2. The largest absolute Gasteiger partial charge is 0.313 e. The maximum atomic E-state index is 5.02. The Bertz CT molecular complexity index is 1080. The molecule has 3 aromatic rings. The quantitative estimate of drug-likeness (QED) is 0.378. The lowest BCUT2D eigenvalue weighted by Gasteiger charge is -2.16. The van der Waals surface area contributed by atoms with Gasteiger partial charge >= 0.3 is 0 Å². The van der Waals surface area contributed by atoms with Crippen molar-refractivity contribution in [3.8, 4) is 0 Å². The molecular formula is C27H29N3S2. The van der Waals surface area contributed by atoms with E-state index in [2.05, 4.69) is 79.8 Å².